The third-order valence-electron chi connectivity index (χ3n) is 3.22. The molecule has 0 aliphatic heterocycles. The number of carbonyl (C=O) groups excluding carboxylic acids is 2. The molecule has 2 N–H and O–H groups in total. The molecule has 0 fully saturated rings. The number of methoxy groups -OCH3 is 1. The summed E-state index contributed by atoms with van der Waals surface area (Å²) in [6, 6.07) is 0.944. The van der Waals surface area contributed by atoms with Gasteiger partial charge in [0, 0.05) is 19.2 Å². The van der Waals surface area contributed by atoms with E-state index in [1.165, 1.54) is 7.11 Å². The van der Waals surface area contributed by atoms with Gasteiger partial charge in [0.15, 0.2) is 0 Å². The smallest absolute Gasteiger partial charge is 0.328 e. The molecule has 1 aromatic heterocycles. The quantitative estimate of drug-likeness (QED) is 0.492. The Balaban J connectivity index is 2.47. The molecule has 1 unspecified atom stereocenters. The topological polar surface area (TPSA) is 109 Å². The molecule has 24 heavy (non-hydrogen) atoms. The van der Waals surface area contributed by atoms with E-state index in [0.717, 1.165) is 18.6 Å². The second-order valence-electron chi connectivity index (χ2n) is 5.06. The van der Waals surface area contributed by atoms with Crippen LogP contribution >= 0.6 is 11.8 Å². The van der Waals surface area contributed by atoms with Gasteiger partial charge in [0.2, 0.25) is 0 Å². The van der Waals surface area contributed by atoms with Crippen LogP contribution in [0.15, 0.2) is 12.4 Å². The van der Waals surface area contributed by atoms with Crippen molar-refractivity contribution in [3.63, 3.8) is 0 Å². The fourth-order valence-corrected chi connectivity index (χ4v) is 2.45. The van der Waals surface area contributed by atoms with Crippen LogP contribution in [0, 0.1) is 11.3 Å². The van der Waals surface area contributed by atoms with Crippen molar-refractivity contribution < 1.29 is 14.3 Å². The average molecular weight is 353 g/mol. The van der Waals surface area contributed by atoms with Gasteiger partial charge in [-0.15, -0.1) is 0 Å². The largest absolute Gasteiger partial charge is 0.467 e. The van der Waals surface area contributed by atoms with Gasteiger partial charge in [-0.25, -0.2) is 9.59 Å². The van der Waals surface area contributed by atoms with E-state index in [1.54, 1.807) is 28.8 Å². The molecule has 0 aliphatic carbocycles. The Kier molecular flexibility index (Phi) is 9.38. The van der Waals surface area contributed by atoms with Crippen LogP contribution in [0.1, 0.15) is 25.7 Å². The summed E-state index contributed by atoms with van der Waals surface area (Å²) in [5.74, 6) is 0.271. The Hall–Kier alpha value is -2.21. The molecule has 1 rings (SSSR count). The summed E-state index contributed by atoms with van der Waals surface area (Å²) in [6.45, 7) is 0.684. The number of nitrogens with one attached hydrogen (secondary N) is 2. The molecule has 9 heteroatoms. The highest BCUT2D eigenvalue weighted by Crippen LogP contribution is 2.08. The minimum Gasteiger partial charge on any atom is -0.467 e. The van der Waals surface area contributed by atoms with Gasteiger partial charge in [-0.1, -0.05) is 0 Å². The molecular formula is C15H23N5O3S. The maximum Gasteiger partial charge on any atom is 0.328 e. The predicted molar refractivity (Wildman–Crippen MR) is 92.6 cm³/mol. The zero-order valence-electron chi connectivity index (χ0n) is 13.9. The monoisotopic (exact) mass is 353 g/mol. The van der Waals surface area contributed by atoms with Gasteiger partial charge in [-0.3, -0.25) is 4.68 Å². The van der Waals surface area contributed by atoms with E-state index in [2.05, 4.69) is 21.8 Å². The SMILES string of the molecule is COC(=O)C(CCSC)NC(=O)Nc1cnn(CCCCC#N)c1. The van der Waals surface area contributed by atoms with E-state index in [9.17, 15) is 9.59 Å². The highest BCUT2D eigenvalue weighted by atomic mass is 32.2. The van der Waals surface area contributed by atoms with Crippen LogP contribution < -0.4 is 10.6 Å². The Labute approximate surface area is 145 Å². The van der Waals surface area contributed by atoms with Crippen molar-refractivity contribution >= 4 is 29.4 Å². The van der Waals surface area contributed by atoms with Gasteiger partial charge >= 0.3 is 12.0 Å². The number of carbonyl (C=O) groups is 2. The van der Waals surface area contributed by atoms with Crippen LogP contribution in [-0.4, -0.2) is 46.9 Å². The lowest BCUT2D eigenvalue weighted by atomic mass is 10.2. The van der Waals surface area contributed by atoms with E-state index in [0.29, 0.717) is 25.1 Å². The van der Waals surface area contributed by atoms with E-state index < -0.39 is 18.0 Å². The Morgan fingerprint density at radius 3 is 2.96 bits per heavy atom. The zero-order valence-corrected chi connectivity index (χ0v) is 14.8. The van der Waals surface area contributed by atoms with Gasteiger partial charge in [0.05, 0.1) is 25.1 Å². The molecular weight excluding hydrogens is 330 g/mol. The summed E-state index contributed by atoms with van der Waals surface area (Å²) in [4.78, 5) is 23.7. The molecule has 2 amide bonds. The number of ether oxygens (including phenoxy) is 1. The Bertz CT molecular complexity index is 570. The lowest BCUT2D eigenvalue weighted by Crippen LogP contribution is -2.43. The predicted octanol–water partition coefficient (Wildman–Crippen LogP) is 1.99. The first-order chi connectivity index (χ1) is 11.6. The molecule has 0 radical (unpaired) electrons. The number of aromatic nitrogens is 2. The van der Waals surface area contributed by atoms with Crippen molar-refractivity contribution in [1.82, 2.24) is 15.1 Å². The van der Waals surface area contributed by atoms with E-state index in [-0.39, 0.29) is 0 Å². The molecule has 1 aromatic rings. The average Bonchev–Trinajstić information content (AvgIpc) is 3.01. The zero-order chi connectivity index (χ0) is 17.8. The molecule has 1 heterocycles. The maximum absolute atomic E-state index is 12.0. The number of unbranched alkanes of at least 4 members (excludes halogenated alkanes) is 2. The minimum atomic E-state index is -0.677. The number of urea groups is 1. The van der Waals surface area contributed by atoms with Crippen molar-refractivity contribution in [3.8, 4) is 6.07 Å². The van der Waals surface area contributed by atoms with Gasteiger partial charge < -0.3 is 15.4 Å². The number of esters is 1. The number of aryl methyl sites for hydroxylation is 1. The molecule has 0 aliphatic rings. The highest BCUT2D eigenvalue weighted by Gasteiger charge is 2.21. The molecule has 0 spiro atoms. The number of hydrogen-bond acceptors (Lipinski definition) is 6. The van der Waals surface area contributed by atoms with Crippen LogP contribution in [0.4, 0.5) is 10.5 Å². The first-order valence-corrected chi connectivity index (χ1v) is 9.03. The highest BCUT2D eigenvalue weighted by molar-refractivity contribution is 7.98. The second kappa shape index (κ2) is 11.3. The standard InChI is InChI=1S/C15H23N5O3S/c1-23-14(21)13(6-9-24-2)19-15(22)18-12-10-17-20(11-12)8-5-3-4-7-16/h10-11,13H,3-6,8-9H2,1-2H3,(H2,18,19,22). The third kappa shape index (κ3) is 7.37. The molecule has 0 aromatic carbocycles. The number of nitriles is 1. The molecule has 132 valence electrons. The van der Waals surface area contributed by atoms with E-state index in [1.807, 2.05) is 6.26 Å². The van der Waals surface area contributed by atoms with Crippen molar-refractivity contribution in [2.24, 2.45) is 0 Å². The van der Waals surface area contributed by atoms with E-state index >= 15 is 0 Å². The first kappa shape index (κ1) is 19.8. The van der Waals surface area contributed by atoms with Crippen LogP contribution in [-0.2, 0) is 16.1 Å². The number of amides is 2. The van der Waals surface area contributed by atoms with Crippen LogP contribution in [0.5, 0.6) is 0 Å². The fourth-order valence-electron chi connectivity index (χ4n) is 1.98. The van der Waals surface area contributed by atoms with Gasteiger partial charge in [-0.2, -0.15) is 22.1 Å². The second-order valence-corrected chi connectivity index (χ2v) is 6.05. The third-order valence-corrected chi connectivity index (χ3v) is 3.86. The molecule has 8 nitrogen and oxygen atoms in total. The summed E-state index contributed by atoms with van der Waals surface area (Å²) >= 11 is 1.59. The summed E-state index contributed by atoms with van der Waals surface area (Å²) in [5, 5.41) is 17.9. The summed E-state index contributed by atoms with van der Waals surface area (Å²) in [6.07, 6.45) is 7.87. The van der Waals surface area contributed by atoms with Crippen molar-refractivity contribution in [2.45, 2.75) is 38.3 Å². The normalized spacial score (nSPS) is 11.4. The maximum atomic E-state index is 12.0. The van der Waals surface area contributed by atoms with Gasteiger partial charge in [0.1, 0.15) is 6.04 Å². The molecule has 0 saturated heterocycles. The van der Waals surface area contributed by atoms with E-state index in [4.69, 9.17) is 10.00 Å². The summed E-state index contributed by atoms with van der Waals surface area (Å²) in [7, 11) is 1.30. The van der Waals surface area contributed by atoms with Crippen molar-refractivity contribution in [1.29, 1.82) is 5.26 Å². The first-order valence-electron chi connectivity index (χ1n) is 7.64. The van der Waals surface area contributed by atoms with Crippen molar-refractivity contribution in [3.05, 3.63) is 12.4 Å². The fraction of sp³-hybridized carbons (Fsp3) is 0.600. The number of thioether (sulfide) groups is 1. The molecule has 1 atom stereocenters. The summed E-state index contributed by atoms with van der Waals surface area (Å²) in [5.41, 5.74) is 0.543. The minimum absolute atomic E-state index is 0.465. The van der Waals surface area contributed by atoms with Crippen molar-refractivity contribution in [2.75, 3.05) is 24.4 Å². The number of hydrogen-bond donors (Lipinski definition) is 2. The number of anilines is 1. The lowest BCUT2D eigenvalue weighted by Gasteiger charge is -2.16. The lowest BCUT2D eigenvalue weighted by molar-refractivity contribution is -0.142. The van der Waals surface area contributed by atoms with Crippen LogP contribution in [0.2, 0.25) is 0 Å². The summed E-state index contributed by atoms with van der Waals surface area (Å²) < 4.78 is 6.41. The van der Waals surface area contributed by atoms with Gasteiger partial charge in [0.25, 0.3) is 0 Å². The Morgan fingerprint density at radius 2 is 2.29 bits per heavy atom. The van der Waals surface area contributed by atoms with Crippen LogP contribution in [0.3, 0.4) is 0 Å². The number of rotatable bonds is 10. The van der Waals surface area contributed by atoms with Crippen LogP contribution in [0.25, 0.3) is 0 Å². The molecule has 0 bridgehead atoms. The molecule has 0 saturated carbocycles. The number of nitrogens with zero attached hydrogens (tertiary/aromatic N) is 3. The van der Waals surface area contributed by atoms with Gasteiger partial charge in [-0.05, 0) is 31.3 Å². The Morgan fingerprint density at radius 1 is 1.50 bits per heavy atom.